The van der Waals surface area contributed by atoms with Crippen LogP contribution in [0.3, 0.4) is 0 Å². The number of hydrogen-bond acceptors (Lipinski definition) is 4. The molecule has 0 bridgehead atoms. The maximum Gasteiger partial charge on any atom is 0.265 e. The lowest BCUT2D eigenvalue weighted by Gasteiger charge is -2.07. The average molecular weight is 265 g/mol. The van der Waals surface area contributed by atoms with Crippen molar-refractivity contribution in [2.24, 2.45) is 0 Å². The van der Waals surface area contributed by atoms with Crippen molar-refractivity contribution in [3.05, 3.63) is 36.2 Å². The van der Waals surface area contributed by atoms with Gasteiger partial charge in [0, 0.05) is 18.3 Å². The number of benzene rings is 1. The van der Waals surface area contributed by atoms with Gasteiger partial charge in [-0.1, -0.05) is 0 Å². The molecule has 1 aliphatic rings. The van der Waals surface area contributed by atoms with Crippen LogP contribution in [0.25, 0.3) is 0 Å². The molecule has 6 nitrogen and oxygen atoms in total. The molecule has 1 aliphatic heterocycles. The number of nitrogens with one attached hydrogen (secondary N) is 2. The van der Waals surface area contributed by atoms with Gasteiger partial charge >= 0.3 is 0 Å². The van der Waals surface area contributed by atoms with Crippen LogP contribution in [0.1, 0.15) is 5.56 Å². The Morgan fingerprint density at radius 2 is 2.28 bits per heavy atom. The summed E-state index contributed by atoms with van der Waals surface area (Å²) in [6, 6.07) is 5.25. The summed E-state index contributed by atoms with van der Waals surface area (Å²) in [5.41, 5.74) is 1.54. The maximum atomic E-state index is 12.0. The van der Waals surface area contributed by atoms with Gasteiger partial charge in [-0.15, -0.1) is 0 Å². The van der Waals surface area contributed by atoms with Crippen molar-refractivity contribution in [2.75, 3.05) is 11.3 Å². The molecular weight excluding hydrogens is 254 g/mol. The number of aromatic amines is 1. The van der Waals surface area contributed by atoms with Gasteiger partial charge in [0.15, 0.2) is 0 Å². The van der Waals surface area contributed by atoms with E-state index < -0.39 is 10.0 Å². The molecule has 0 saturated carbocycles. The summed E-state index contributed by atoms with van der Waals surface area (Å²) in [5, 5.41) is 6.10. The van der Waals surface area contributed by atoms with Gasteiger partial charge in [0.05, 0.1) is 12.8 Å². The summed E-state index contributed by atoms with van der Waals surface area (Å²) in [7, 11) is -3.57. The van der Waals surface area contributed by atoms with Gasteiger partial charge in [0.2, 0.25) is 0 Å². The van der Waals surface area contributed by atoms with E-state index in [1.807, 2.05) is 0 Å². The Morgan fingerprint density at radius 3 is 3.06 bits per heavy atom. The highest BCUT2D eigenvalue weighted by Crippen LogP contribution is 2.28. The predicted molar refractivity (Wildman–Crippen MR) is 65.0 cm³/mol. The van der Waals surface area contributed by atoms with Crippen LogP contribution in [-0.2, 0) is 16.4 Å². The lowest BCUT2D eigenvalue weighted by atomic mass is 10.1. The summed E-state index contributed by atoms with van der Waals surface area (Å²) < 4.78 is 31.8. The second-order valence-corrected chi connectivity index (χ2v) is 5.64. The van der Waals surface area contributed by atoms with Gasteiger partial charge in [0.1, 0.15) is 10.6 Å². The van der Waals surface area contributed by atoms with Crippen LogP contribution in [0, 0.1) is 0 Å². The van der Waals surface area contributed by atoms with Gasteiger partial charge in [-0.2, -0.15) is 5.10 Å². The molecule has 0 atom stereocenters. The zero-order valence-corrected chi connectivity index (χ0v) is 10.2. The number of sulfonamides is 1. The molecule has 2 heterocycles. The molecule has 94 valence electrons. The highest BCUT2D eigenvalue weighted by atomic mass is 32.2. The standard InChI is InChI=1S/C11H11N3O3S/c15-18(16,10-6-12-13-7-10)14-9-1-2-11-8(5-9)3-4-17-11/h1-2,5-7,14H,3-4H2,(H,12,13). The van der Waals surface area contributed by atoms with E-state index in [2.05, 4.69) is 14.9 Å². The van der Waals surface area contributed by atoms with Crippen molar-refractivity contribution < 1.29 is 13.2 Å². The minimum Gasteiger partial charge on any atom is -0.493 e. The summed E-state index contributed by atoms with van der Waals surface area (Å²) in [6.07, 6.45) is 3.40. The Balaban J connectivity index is 1.89. The summed E-state index contributed by atoms with van der Waals surface area (Å²) >= 11 is 0. The van der Waals surface area contributed by atoms with Gasteiger partial charge < -0.3 is 4.74 Å². The van der Waals surface area contributed by atoms with Crippen LogP contribution < -0.4 is 9.46 Å². The number of rotatable bonds is 3. The second kappa shape index (κ2) is 4.02. The Kier molecular flexibility index (Phi) is 2.48. The highest BCUT2D eigenvalue weighted by Gasteiger charge is 2.17. The third-order valence-corrected chi connectivity index (χ3v) is 4.07. The van der Waals surface area contributed by atoms with E-state index in [-0.39, 0.29) is 4.90 Å². The molecule has 18 heavy (non-hydrogen) atoms. The monoisotopic (exact) mass is 265 g/mol. The molecule has 1 aromatic heterocycles. The van der Waals surface area contributed by atoms with Crippen molar-refractivity contribution in [1.82, 2.24) is 10.2 Å². The third-order valence-electron chi connectivity index (χ3n) is 2.73. The number of fused-ring (bicyclic) bond motifs is 1. The summed E-state index contributed by atoms with van der Waals surface area (Å²) in [4.78, 5) is 0.110. The first-order valence-corrected chi connectivity index (χ1v) is 6.91. The molecule has 0 unspecified atom stereocenters. The van der Waals surface area contributed by atoms with E-state index in [1.165, 1.54) is 12.4 Å². The molecule has 2 N–H and O–H groups in total. The number of ether oxygens (including phenoxy) is 1. The van der Waals surface area contributed by atoms with Crippen molar-refractivity contribution in [3.63, 3.8) is 0 Å². The normalized spacial score (nSPS) is 14.0. The number of aromatic nitrogens is 2. The zero-order chi connectivity index (χ0) is 12.6. The lowest BCUT2D eigenvalue weighted by molar-refractivity contribution is 0.357. The van der Waals surface area contributed by atoms with Crippen molar-refractivity contribution >= 4 is 15.7 Å². The fourth-order valence-corrected chi connectivity index (χ4v) is 2.80. The van der Waals surface area contributed by atoms with Crippen molar-refractivity contribution in [2.45, 2.75) is 11.3 Å². The van der Waals surface area contributed by atoms with E-state index in [4.69, 9.17) is 4.74 Å². The molecule has 0 spiro atoms. The third kappa shape index (κ3) is 1.92. The molecule has 2 aromatic rings. The van der Waals surface area contributed by atoms with E-state index >= 15 is 0 Å². The minimum atomic E-state index is -3.57. The van der Waals surface area contributed by atoms with Crippen LogP contribution >= 0.6 is 0 Å². The first kappa shape index (κ1) is 11.1. The van der Waals surface area contributed by atoms with E-state index in [0.717, 1.165) is 17.7 Å². The summed E-state index contributed by atoms with van der Waals surface area (Å²) in [5.74, 6) is 0.821. The molecule has 0 saturated heterocycles. The lowest BCUT2D eigenvalue weighted by Crippen LogP contribution is -2.12. The molecule has 3 rings (SSSR count). The SMILES string of the molecule is O=S(=O)(Nc1ccc2c(c1)CCO2)c1cn[nH]c1. The molecular formula is C11H11N3O3S. The predicted octanol–water partition coefficient (Wildman–Crippen LogP) is 1.15. The van der Waals surface area contributed by atoms with Crippen molar-refractivity contribution in [3.8, 4) is 5.75 Å². The highest BCUT2D eigenvalue weighted by molar-refractivity contribution is 7.92. The Morgan fingerprint density at radius 1 is 1.39 bits per heavy atom. The van der Waals surface area contributed by atoms with Crippen LogP contribution in [0.4, 0.5) is 5.69 Å². The average Bonchev–Trinajstić information content (AvgIpc) is 2.99. The second-order valence-electron chi connectivity index (χ2n) is 3.96. The number of H-pyrrole nitrogens is 1. The van der Waals surface area contributed by atoms with E-state index in [0.29, 0.717) is 12.3 Å². The maximum absolute atomic E-state index is 12.0. The molecule has 7 heteroatoms. The van der Waals surface area contributed by atoms with Gasteiger partial charge in [-0.05, 0) is 23.8 Å². The molecule has 1 aromatic carbocycles. The minimum absolute atomic E-state index is 0.110. The molecule has 0 amide bonds. The Hall–Kier alpha value is -2.02. The van der Waals surface area contributed by atoms with Crippen molar-refractivity contribution in [1.29, 1.82) is 0 Å². The van der Waals surface area contributed by atoms with E-state index in [9.17, 15) is 8.42 Å². The van der Waals surface area contributed by atoms with Crippen LogP contribution in [0.15, 0.2) is 35.5 Å². The smallest absolute Gasteiger partial charge is 0.265 e. The molecule has 0 aliphatic carbocycles. The molecule has 0 fully saturated rings. The van der Waals surface area contributed by atoms with E-state index in [1.54, 1.807) is 18.2 Å². The summed E-state index contributed by atoms with van der Waals surface area (Å²) in [6.45, 7) is 0.646. The van der Waals surface area contributed by atoms with Crippen LogP contribution in [0.2, 0.25) is 0 Å². The Bertz CT molecular complexity index is 665. The van der Waals surface area contributed by atoms with Gasteiger partial charge in [-0.3, -0.25) is 9.82 Å². The number of nitrogens with zero attached hydrogens (tertiary/aromatic N) is 1. The fraction of sp³-hybridized carbons (Fsp3) is 0.182. The Labute approximate surface area is 104 Å². The molecule has 0 radical (unpaired) electrons. The van der Waals surface area contributed by atoms with Crippen LogP contribution in [-0.4, -0.2) is 25.2 Å². The first-order chi connectivity index (χ1) is 8.65. The number of anilines is 1. The fourth-order valence-electron chi connectivity index (χ4n) is 1.85. The van der Waals surface area contributed by atoms with Crippen LogP contribution in [0.5, 0.6) is 5.75 Å². The van der Waals surface area contributed by atoms with Gasteiger partial charge in [0.25, 0.3) is 10.0 Å². The number of hydrogen-bond donors (Lipinski definition) is 2. The first-order valence-electron chi connectivity index (χ1n) is 5.42. The topological polar surface area (TPSA) is 84.1 Å². The quantitative estimate of drug-likeness (QED) is 0.871. The largest absolute Gasteiger partial charge is 0.493 e. The van der Waals surface area contributed by atoms with Gasteiger partial charge in [-0.25, -0.2) is 8.42 Å². The zero-order valence-electron chi connectivity index (χ0n) is 9.38.